The van der Waals surface area contributed by atoms with Crippen LogP contribution in [0, 0.1) is 20.8 Å². The molecule has 3 nitrogen and oxygen atoms in total. The van der Waals surface area contributed by atoms with Crippen molar-refractivity contribution in [2.45, 2.75) is 27.2 Å². The van der Waals surface area contributed by atoms with E-state index in [1.807, 2.05) is 13.8 Å². The van der Waals surface area contributed by atoms with Gasteiger partial charge in [-0.05, 0) is 37.5 Å². The van der Waals surface area contributed by atoms with Gasteiger partial charge in [0.1, 0.15) is 5.69 Å². The highest BCUT2D eigenvalue weighted by Gasteiger charge is 2.12. The van der Waals surface area contributed by atoms with E-state index < -0.39 is 0 Å². The lowest BCUT2D eigenvalue weighted by molar-refractivity contribution is 0.0987. The van der Waals surface area contributed by atoms with E-state index in [0.29, 0.717) is 12.1 Å². The topological polar surface area (TPSA) is 42.9 Å². The first-order chi connectivity index (χ1) is 8.58. The Morgan fingerprint density at radius 2 is 1.78 bits per heavy atom. The summed E-state index contributed by atoms with van der Waals surface area (Å²) in [6.45, 7) is 6.15. The van der Waals surface area contributed by atoms with Crippen molar-refractivity contribution in [3.05, 3.63) is 58.7 Å². The summed E-state index contributed by atoms with van der Waals surface area (Å²) in [5.41, 5.74) is 5.06. The molecule has 0 unspecified atom stereocenters. The molecule has 0 bridgehead atoms. The first-order valence-electron chi connectivity index (χ1n) is 5.94. The van der Waals surface area contributed by atoms with Crippen molar-refractivity contribution >= 4 is 5.78 Å². The summed E-state index contributed by atoms with van der Waals surface area (Å²) in [7, 11) is 0. The molecule has 0 radical (unpaired) electrons. The largest absolute Gasteiger partial charge is 0.292 e. The summed E-state index contributed by atoms with van der Waals surface area (Å²) in [4.78, 5) is 20.1. The van der Waals surface area contributed by atoms with E-state index in [4.69, 9.17) is 0 Å². The Morgan fingerprint density at radius 3 is 2.33 bits per heavy atom. The minimum absolute atomic E-state index is 0.0122. The summed E-state index contributed by atoms with van der Waals surface area (Å²) in [5, 5.41) is 0. The Morgan fingerprint density at radius 1 is 1.11 bits per heavy atom. The molecule has 18 heavy (non-hydrogen) atoms. The Balaban J connectivity index is 2.28. The monoisotopic (exact) mass is 240 g/mol. The van der Waals surface area contributed by atoms with Crippen LogP contribution in [-0.2, 0) is 6.42 Å². The highest BCUT2D eigenvalue weighted by molar-refractivity contribution is 5.95. The molecule has 0 aliphatic heterocycles. The molecule has 2 rings (SSSR count). The third-order valence-electron chi connectivity index (χ3n) is 3.03. The minimum atomic E-state index is 0.0122. The molecule has 0 aliphatic carbocycles. The summed E-state index contributed by atoms with van der Waals surface area (Å²) in [5.74, 6) is 0.0122. The van der Waals surface area contributed by atoms with Gasteiger partial charge in [-0.3, -0.25) is 9.78 Å². The molecular formula is C15H16N2O. The number of rotatable bonds is 3. The van der Waals surface area contributed by atoms with Crippen molar-refractivity contribution in [2.75, 3.05) is 0 Å². The average Bonchev–Trinajstić information content (AvgIpc) is 2.34. The third kappa shape index (κ3) is 2.62. The highest BCUT2D eigenvalue weighted by Crippen LogP contribution is 2.18. The van der Waals surface area contributed by atoms with E-state index in [-0.39, 0.29) is 5.78 Å². The molecule has 2 aromatic rings. The Kier molecular flexibility index (Phi) is 3.51. The maximum atomic E-state index is 12.1. The van der Waals surface area contributed by atoms with Gasteiger partial charge in [-0.25, -0.2) is 4.98 Å². The second-order valence-corrected chi connectivity index (χ2v) is 4.57. The van der Waals surface area contributed by atoms with Gasteiger partial charge in [0, 0.05) is 18.8 Å². The molecule has 1 aromatic heterocycles. The number of nitrogens with zero attached hydrogens (tertiary/aromatic N) is 2. The van der Waals surface area contributed by atoms with Crippen LogP contribution in [0.5, 0.6) is 0 Å². The van der Waals surface area contributed by atoms with Crippen LogP contribution < -0.4 is 0 Å². The fraction of sp³-hybridized carbons (Fsp3) is 0.267. The zero-order valence-electron chi connectivity index (χ0n) is 10.9. The molecule has 0 atom stereocenters. The van der Waals surface area contributed by atoms with Crippen molar-refractivity contribution in [3.8, 4) is 0 Å². The SMILES string of the molecule is Cc1cc(C)c(CC(=O)c2cnccn2)c(C)c1. The molecule has 0 N–H and O–H groups in total. The minimum Gasteiger partial charge on any atom is -0.292 e. The number of hydrogen-bond acceptors (Lipinski definition) is 3. The lowest BCUT2D eigenvalue weighted by Crippen LogP contribution is -2.08. The van der Waals surface area contributed by atoms with Gasteiger partial charge in [-0.15, -0.1) is 0 Å². The van der Waals surface area contributed by atoms with E-state index in [0.717, 1.165) is 16.7 Å². The zero-order valence-corrected chi connectivity index (χ0v) is 10.9. The smallest absolute Gasteiger partial charge is 0.187 e. The van der Waals surface area contributed by atoms with Gasteiger partial charge in [-0.2, -0.15) is 0 Å². The quantitative estimate of drug-likeness (QED) is 0.775. The van der Waals surface area contributed by atoms with Crippen molar-refractivity contribution in [1.29, 1.82) is 0 Å². The van der Waals surface area contributed by atoms with Crippen LogP contribution in [0.1, 0.15) is 32.7 Å². The lowest BCUT2D eigenvalue weighted by atomic mass is 9.95. The van der Waals surface area contributed by atoms with Crippen LogP contribution in [0.15, 0.2) is 30.7 Å². The normalized spacial score (nSPS) is 10.4. The number of benzene rings is 1. The molecule has 0 amide bonds. The van der Waals surface area contributed by atoms with Gasteiger partial charge in [-0.1, -0.05) is 17.7 Å². The number of carbonyl (C=O) groups is 1. The fourth-order valence-corrected chi connectivity index (χ4v) is 2.18. The highest BCUT2D eigenvalue weighted by atomic mass is 16.1. The summed E-state index contributed by atoms with van der Waals surface area (Å²) < 4.78 is 0. The lowest BCUT2D eigenvalue weighted by Gasteiger charge is -2.10. The van der Waals surface area contributed by atoms with Crippen LogP contribution >= 0.6 is 0 Å². The van der Waals surface area contributed by atoms with Gasteiger partial charge in [0.2, 0.25) is 0 Å². The fourth-order valence-electron chi connectivity index (χ4n) is 2.18. The van der Waals surface area contributed by atoms with Gasteiger partial charge < -0.3 is 0 Å². The second kappa shape index (κ2) is 5.08. The first-order valence-corrected chi connectivity index (χ1v) is 5.94. The number of Topliss-reactive ketones (excluding diaryl/α,β-unsaturated/α-hetero) is 1. The molecular weight excluding hydrogens is 224 g/mol. The number of aryl methyl sites for hydroxylation is 3. The maximum Gasteiger partial charge on any atom is 0.187 e. The summed E-state index contributed by atoms with van der Waals surface area (Å²) in [6, 6.07) is 4.21. The van der Waals surface area contributed by atoms with Crippen LogP contribution in [0.4, 0.5) is 0 Å². The van der Waals surface area contributed by atoms with Crippen LogP contribution in [0.3, 0.4) is 0 Å². The average molecular weight is 240 g/mol. The molecule has 3 heteroatoms. The number of carbonyl (C=O) groups excluding carboxylic acids is 1. The van der Waals surface area contributed by atoms with Crippen LogP contribution in [0.2, 0.25) is 0 Å². The molecule has 0 aliphatic rings. The summed E-state index contributed by atoms with van der Waals surface area (Å²) >= 11 is 0. The number of hydrogen-bond donors (Lipinski definition) is 0. The maximum absolute atomic E-state index is 12.1. The Hall–Kier alpha value is -2.03. The van der Waals surface area contributed by atoms with E-state index in [1.165, 1.54) is 11.8 Å². The van der Waals surface area contributed by atoms with Crippen LogP contribution in [-0.4, -0.2) is 15.8 Å². The number of ketones is 1. The summed E-state index contributed by atoms with van der Waals surface area (Å²) in [6.07, 6.45) is 5.01. The van der Waals surface area contributed by atoms with Gasteiger partial charge in [0.25, 0.3) is 0 Å². The zero-order chi connectivity index (χ0) is 13.1. The van der Waals surface area contributed by atoms with Gasteiger partial charge in [0.15, 0.2) is 5.78 Å². The van der Waals surface area contributed by atoms with E-state index >= 15 is 0 Å². The molecule has 0 saturated heterocycles. The van der Waals surface area contributed by atoms with Crippen molar-refractivity contribution < 1.29 is 4.79 Å². The second-order valence-electron chi connectivity index (χ2n) is 4.57. The molecule has 1 heterocycles. The standard InChI is InChI=1S/C15H16N2O/c1-10-6-11(2)13(12(3)7-10)8-15(18)14-9-16-4-5-17-14/h4-7,9H,8H2,1-3H3. The Bertz CT molecular complexity index is 553. The van der Waals surface area contributed by atoms with Crippen molar-refractivity contribution in [1.82, 2.24) is 9.97 Å². The van der Waals surface area contributed by atoms with Crippen molar-refractivity contribution in [2.24, 2.45) is 0 Å². The predicted octanol–water partition coefficient (Wildman–Crippen LogP) is 2.83. The molecule has 0 fully saturated rings. The van der Waals surface area contributed by atoms with E-state index in [1.54, 1.807) is 12.4 Å². The van der Waals surface area contributed by atoms with Gasteiger partial charge in [0.05, 0.1) is 6.20 Å². The molecule has 0 spiro atoms. The third-order valence-corrected chi connectivity index (χ3v) is 3.03. The predicted molar refractivity (Wildman–Crippen MR) is 70.7 cm³/mol. The first kappa shape index (κ1) is 12.4. The van der Waals surface area contributed by atoms with Gasteiger partial charge >= 0.3 is 0 Å². The number of aromatic nitrogens is 2. The van der Waals surface area contributed by atoms with Crippen LogP contribution in [0.25, 0.3) is 0 Å². The molecule has 0 saturated carbocycles. The van der Waals surface area contributed by atoms with E-state index in [9.17, 15) is 4.79 Å². The van der Waals surface area contributed by atoms with Crippen molar-refractivity contribution in [3.63, 3.8) is 0 Å². The molecule has 92 valence electrons. The molecule has 1 aromatic carbocycles. The Labute approximate surface area is 107 Å². The van der Waals surface area contributed by atoms with E-state index in [2.05, 4.69) is 29.0 Å².